The van der Waals surface area contributed by atoms with Crippen LogP contribution in [-0.4, -0.2) is 19.3 Å². The van der Waals surface area contributed by atoms with Gasteiger partial charge in [0.2, 0.25) is 0 Å². The molecule has 1 saturated heterocycles. The number of rotatable bonds is 7. The number of hydrogen-bond acceptors (Lipinski definition) is 3. The first-order valence-corrected chi connectivity index (χ1v) is 7.46. The van der Waals surface area contributed by atoms with Gasteiger partial charge in [-0.1, -0.05) is 30.3 Å². The summed E-state index contributed by atoms with van der Waals surface area (Å²) in [5.74, 6) is 6.47. The Bertz CT molecular complexity index is 336. The monoisotopic (exact) mass is 262 g/mol. The molecule has 1 fully saturated rings. The van der Waals surface area contributed by atoms with E-state index in [1.165, 1.54) is 31.2 Å². The van der Waals surface area contributed by atoms with Crippen molar-refractivity contribution in [3.63, 3.8) is 0 Å². The Kier molecular flexibility index (Phi) is 6.34. The van der Waals surface area contributed by atoms with Gasteiger partial charge in [0.1, 0.15) is 0 Å². The van der Waals surface area contributed by atoms with E-state index in [-0.39, 0.29) is 0 Å². The van der Waals surface area contributed by atoms with Crippen molar-refractivity contribution in [2.45, 2.75) is 44.6 Å². The van der Waals surface area contributed by atoms with Gasteiger partial charge in [-0.25, -0.2) is 0 Å². The number of ether oxygens (including phenoxy) is 1. The van der Waals surface area contributed by atoms with Crippen LogP contribution >= 0.6 is 0 Å². The molecule has 0 amide bonds. The van der Waals surface area contributed by atoms with E-state index in [0.717, 1.165) is 32.0 Å². The second kappa shape index (κ2) is 8.31. The van der Waals surface area contributed by atoms with Crippen LogP contribution in [0.5, 0.6) is 0 Å². The molecule has 0 bridgehead atoms. The Morgan fingerprint density at radius 2 is 1.95 bits per heavy atom. The number of hydrazine groups is 1. The summed E-state index contributed by atoms with van der Waals surface area (Å²) >= 11 is 0. The summed E-state index contributed by atoms with van der Waals surface area (Å²) < 4.78 is 5.40. The molecule has 19 heavy (non-hydrogen) atoms. The van der Waals surface area contributed by atoms with Crippen LogP contribution in [0.25, 0.3) is 0 Å². The molecular formula is C16H26N2O. The topological polar surface area (TPSA) is 47.3 Å². The summed E-state index contributed by atoms with van der Waals surface area (Å²) in [6.45, 7) is 1.85. The Balaban J connectivity index is 1.67. The summed E-state index contributed by atoms with van der Waals surface area (Å²) in [4.78, 5) is 0. The van der Waals surface area contributed by atoms with Crippen molar-refractivity contribution in [3.8, 4) is 0 Å². The van der Waals surface area contributed by atoms with Gasteiger partial charge in [-0.3, -0.25) is 11.3 Å². The first-order chi connectivity index (χ1) is 9.38. The molecule has 1 unspecified atom stereocenters. The smallest absolute Gasteiger partial charge is 0.0468 e. The van der Waals surface area contributed by atoms with Crippen LogP contribution in [0.15, 0.2) is 30.3 Å². The SMILES string of the molecule is NNC(CCCc1ccccc1)CC1CCOCC1. The van der Waals surface area contributed by atoms with E-state index in [0.29, 0.717) is 6.04 Å². The second-order valence-electron chi connectivity index (χ2n) is 5.53. The van der Waals surface area contributed by atoms with Crippen molar-refractivity contribution in [2.75, 3.05) is 13.2 Å². The van der Waals surface area contributed by atoms with Crippen LogP contribution in [-0.2, 0) is 11.2 Å². The average molecular weight is 262 g/mol. The van der Waals surface area contributed by atoms with Gasteiger partial charge in [0, 0.05) is 19.3 Å². The van der Waals surface area contributed by atoms with E-state index >= 15 is 0 Å². The normalized spacial score (nSPS) is 18.4. The zero-order valence-corrected chi connectivity index (χ0v) is 11.7. The summed E-state index contributed by atoms with van der Waals surface area (Å²) in [5, 5.41) is 0. The molecule has 0 aliphatic carbocycles. The van der Waals surface area contributed by atoms with E-state index in [4.69, 9.17) is 10.6 Å². The van der Waals surface area contributed by atoms with E-state index in [2.05, 4.69) is 35.8 Å². The molecule has 0 aromatic heterocycles. The summed E-state index contributed by atoms with van der Waals surface area (Å²) in [6.07, 6.45) is 7.07. The fourth-order valence-electron chi connectivity index (χ4n) is 2.85. The fraction of sp³-hybridized carbons (Fsp3) is 0.625. The number of aryl methyl sites for hydroxylation is 1. The molecule has 1 aromatic rings. The third kappa shape index (κ3) is 5.31. The molecule has 3 N–H and O–H groups in total. The van der Waals surface area contributed by atoms with Gasteiger partial charge in [-0.2, -0.15) is 0 Å². The standard InChI is InChI=1S/C16H26N2O/c17-18-16(13-15-9-11-19-12-10-15)8-4-7-14-5-2-1-3-6-14/h1-3,5-6,15-16,18H,4,7-13,17H2. The summed E-state index contributed by atoms with van der Waals surface area (Å²) in [6, 6.07) is 11.1. The highest BCUT2D eigenvalue weighted by Crippen LogP contribution is 2.21. The number of nitrogens with one attached hydrogen (secondary N) is 1. The minimum Gasteiger partial charge on any atom is -0.381 e. The van der Waals surface area contributed by atoms with Gasteiger partial charge in [0.15, 0.2) is 0 Å². The Hall–Kier alpha value is -0.900. The highest BCUT2D eigenvalue weighted by Gasteiger charge is 2.18. The summed E-state index contributed by atoms with van der Waals surface area (Å²) in [5.41, 5.74) is 4.42. The number of benzene rings is 1. The maximum absolute atomic E-state index is 5.69. The molecule has 1 aromatic carbocycles. The van der Waals surface area contributed by atoms with Crippen molar-refractivity contribution in [2.24, 2.45) is 11.8 Å². The minimum absolute atomic E-state index is 0.451. The van der Waals surface area contributed by atoms with Gasteiger partial charge in [0.25, 0.3) is 0 Å². The molecule has 3 nitrogen and oxygen atoms in total. The molecule has 1 aliphatic heterocycles. The van der Waals surface area contributed by atoms with Crippen LogP contribution in [0.3, 0.4) is 0 Å². The van der Waals surface area contributed by atoms with Crippen LogP contribution < -0.4 is 11.3 Å². The van der Waals surface area contributed by atoms with Crippen molar-refractivity contribution in [1.29, 1.82) is 0 Å². The Morgan fingerprint density at radius 3 is 2.63 bits per heavy atom. The van der Waals surface area contributed by atoms with E-state index in [9.17, 15) is 0 Å². The van der Waals surface area contributed by atoms with Gasteiger partial charge in [-0.15, -0.1) is 0 Å². The predicted molar refractivity (Wildman–Crippen MR) is 78.7 cm³/mol. The van der Waals surface area contributed by atoms with Crippen LogP contribution in [0.4, 0.5) is 0 Å². The quantitative estimate of drug-likeness (QED) is 0.586. The Labute approximate surface area is 116 Å². The van der Waals surface area contributed by atoms with Crippen LogP contribution in [0.2, 0.25) is 0 Å². The van der Waals surface area contributed by atoms with Gasteiger partial charge in [-0.05, 0) is 50.0 Å². The fourth-order valence-corrected chi connectivity index (χ4v) is 2.85. The maximum Gasteiger partial charge on any atom is 0.0468 e. The summed E-state index contributed by atoms with van der Waals surface area (Å²) in [7, 11) is 0. The van der Waals surface area contributed by atoms with Crippen molar-refractivity contribution < 1.29 is 4.74 Å². The first-order valence-electron chi connectivity index (χ1n) is 7.46. The van der Waals surface area contributed by atoms with Crippen LogP contribution in [0, 0.1) is 5.92 Å². The van der Waals surface area contributed by atoms with Crippen molar-refractivity contribution in [1.82, 2.24) is 5.43 Å². The lowest BCUT2D eigenvalue weighted by atomic mass is 9.90. The third-order valence-corrected chi connectivity index (χ3v) is 4.06. The van der Waals surface area contributed by atoms with Crippen LogP contribution in [0.1, 0.15) is 37.7 Å². The molecule has 0 radical (unpaired) electrons. The first kappa shape index (κ1) is 14.5. The molecule has 1 heterocycles. The zero-order chi connectivity index (χ0) is 13.3. The molecule has 0 saturated carbocycles. The average Bonchev–Trinajstić information content (AvgIpc) is 2.48. The molecule has 106 valence electrons. The maximum atomic E-state index is 5.69. The lowest BCUT2D eigenvalue weighted by Gasteiger charge is -2.26. The number of hydrogen-bond donors (Lipinski definition) is 2. The highest BCUT2D eigenvalue weighted by atomic mass is 16.5. The van der Waals surface area contributed by atoms with Crippen molar-refractivity contribution in [3.05, 3.63) is 35.9 Å². The largest absolute Gasteiger partial charge is 0.381 e. The van der Waals surface area contributed by atoms with Gasteiger partial charge < -0.3 is 4.74 Å². The molecule has 1 aliphatic rings. The van der Waals surface area contributed by atoms with E-state index < -0.39 is 0 Å². The van der Waals surface area contributed by atoms with Crippen molar-refractivity contribution >= 4 is 0 Å². The minimum atomic E-state index is 0.451. The lowest BCUT2D eigenvalue weighted by Crippen LogP contribution is -2.37. The third-order valence-electron chi connectivity index (χ3n) is 4.06. The zero-order valence-electron chi connectivity index (χ0n) is 11.7. The van der Waals surface area contributed by atoms with E-state index in [1.807, 2.05) is 0 Å². The van der Waals surface area contributed by atoms with E-state index in [1.54, 1.807) is 0 Å². The highest BCUT2D eigenvalue weighted by molar-refractivity contribution is 5.14. The predicted octanol–water partition coefficient (Wildman–Crippen LogP) is 2.66. The lowest BCUT2D eigenvalue weighted by molar-refractivity contribution is 0.0601. The molecule has 1 atom stereocenters. The number of nitrogens with two attached hydrogens (primary N) is 1. The molecule has 3 heteroatoms. The van der Waals surface area contributed by atoms with Gasteiger partial charge >= 0.3 is 0 Å². The van der Waals surface area contributed by atoms with Gasteiger partial charge in [0.05, 0.1) is 0 Å². The molecule has 2 rings (SSSR count). The molecule has 0 spiro atoms. The Morgan fingerprint density at radius 1 is 1.21 bits per heavy atom. The molecular weight excluding hydrogens is 236 g/mol. The second-order valence-corrected chi connectivity index (χ2v) is 5.53.